The summed E-state index contributed by atoms with van der Waals surface area (Å²) in [6.07, 6.45) is -3.54. The number of oxime groups is 1. The van der Waals surface area contributed by atoms with Crippen molar-refractivity contribution in [2.75, 3.05) is 26.7 Å². The number of rotatable bonds is 8. The van der Waals surface area contributed by atoms with Crippen LogP contribution >= 0.6 is 0 Å². The van der Waals surface area contributed by atoms with Gasteiger partial charge in [0.2, 0.25) is 0 Å². The van der Waals surface area contributed by atoms with E-state index in [0.29, 0.717) is 19.1 Å². The lowest BCUT2D eigenvalue weighted by molar-refractivity contribution is -0.154. The molecule has 0 aliphatic heterocycles. The highest BCUT2D eigenvalue weighted by molar-refractivity contribution is 5.83. The molecule has 0 aromatic heterocycles. The fraction of sp³-hybridized carbons (Fsp3) is 0.909. The molecular formula is C11H23F3N4O. The van der Waals surface area contributed by atoms with Crippen molar-refractivity contribution >= 4 is 5.84 Å². The Kier molecular flexibility index (Phi) is 7.77. The van der Waals surface area contributed by atoms with E-state index in [4.69, 9.17) is 10.9 Å². The Morgan fingerprint density at radius 2 is 2.05 bits per heavy atom. The predicted molar refractivity (Wildman–Crippen MR) is 68.2 cm³/mol. The first-order valence-corrected chi connectivity index (χ1v) is 6.19. The third-order valence-electron chi connectivity index (χ3n) is 3.20. The zero-order chi connectivity index (χ0) is 15.1. The Bertz CT molecular complexity index is 284. The van der Waals surface area contributed by atoms with Crippen LogP contribution in [0.3, 0.4) is 0 Å². The second kappa shape index (κ2) is 8.21. The maximum Gasteiger partial charge on any atom is 0.400 e. The van der Waals surface area contributed by atoms with Crippen LogP contribution in [0.5, 0.6) is 0 Å². The lowest BCUT2D eigenvalue weighted by atomic mass is 10.1. The van der Waals surface area contributed by atoms with Gasteiger partial charge in [0.05, 0.1) is 0 Å². The molecule has 0 aromatic rings. The molecule has 114 valence electrons. The van der Waals surface area contributed by atoms with E-state index in [2.05, 4.69) is 22.3 Å². The summed E-state index contributed by atoms with van der Waals surface area (Å²) in [4.78, 5) is 2.05. The molecule has 0 aliphatic rings. The smallest absolute Gasteiger partial charge is 0.400 e. The molecule has 0 rings (SSSR count). The first kappa shape index (κ1) is 18.0. The van der Waals surface area contributed by atoms with Crippen LogP contribution in [0.2, 0.25) is 0 Å². The number of hydrogen-bond donors (Lipinski definition) is 3. The van der Waals surface area contributed by atoms with Gasteiger partial charge in [-0.1, -0.05) is 12.1 Å². The zero-order valence-electron chi connectivity index (χ0n) is 11.5. The van der Waals surface area contributed by atoms with Crippen LogP contribution in [-0.2, 0) is 0 Å². The Morgan fingerprint density at radius 1 is 1.47 bits per heavy atom. The Labute approximate surface area is 111 Å². The molecule has 8 heteroatoms. The third-order valence-corrected chi connectivity index (χ3v) is 3.20. The summed E-state index contributed by atoms with van der Waals surface area (Å²) in [6.45, 7) is 4.75. The minimum Gasteiger partial charge on any atom is -0.409 e. The summed E-state index contributed by atoms with van der Waals surface area (Å²) in [5.41, 5.74) is 5.04. The molecule has 2 unspecified atom stereocenters. The van der Waals surface area contributed by atoms with Crippen molar-refractivity contribution in [2.45, 2.75) is 32.5 Å². The van der Waals surface area contributed by atoms with Crippen molar-refractivity contribution < 1.29 is 18.4 Å². The standard InChI is InChI=1S/C11H23F3N4O/c1-4-8(2)18(3)6-5-16-7-9(10(15)17-19)11(12,13)14/h8-9,16,19H,4-7H2,1-3H3,(H2,15,17). The van der Waals surface area contributed by atoms with Crippen LogP contribution in [0.25, 0.3) is 0 Å². The number of amidine groups is 1. The van der Waals surface area contributed by atoms with E-state index >= 15 is 0 Å². The minimum absolute atomic E-state index is 0.379. The van der Waals surface area contributed by atoms with Gasteiger partial charge in [-0.15, -0.1) is 0 Å². The molecule has 0 heterocycles. The highest BCUT2D eigenvalue weighted by Crippen LogP contribution is 2.25. The van der Waals surface area contributed by atoms with E-state index in [1.54, 1.807) is 0 Å². The van der Waals surface area contributed by atoms with Crippen molar-refractivity contribution in [3.05, 3.63) is 0 Å². The molecule has 0 spiro atoms. The molecule has 0 bridgehead atoms. The maximum atomic E-state index is 12.6. The second-order valence-corrected chi connectivity index (χ2v) is 4.56. The molecule has 0 saturated carbocycles. The van der Waals surface area contributed by atoms with Crippen molar-refractivity contribution in [1.29, 1.82) is 0 Å². The molecule has 4 N–H and O–H groups in total. The van der Waals surface area contributed by atoms with Gasteiger partial charge in [0.25, 0.3) is 0 Å². The number of nitrogens with two attached hydrogens (primary N) is 1. The van der Waals surface area contributed by atoms with E-state index in [9.17, 15) is 13.2 Å². The largest absolute Gasteiger partial charge is 0.409 e. The van der Waals surface area contributed by atoms with Crippen LogP contribution in [-0.4, -0.2) is 54.8 Å². The zero-order valence-corrected chi connectivity index (χ0v) is 11.5. The topological polar surface area (TPSA) is 73.9 Å². The van der Waals surface area contributed by atoms with E-state index in [1.165, 1.54) is 0 Å². The number of nitrogens with zero attached hydrogens (tertiary/aromatic N) is 2. The quantitative estimate of drug-likeness (QED) is 0.206. The van der Waals surface area contributed by atoms with Crippen LogP contribution < -0.4 is 11.1 Å². The molecular weight excluding hydrogens is 261 g/mol. The van der Waals surface area contributed by atoms with Gasteiger partial charge in [-0.05, 0) is 20.4 Å². The molecule has 0 aliphatic carbocycles. The summed E-state index contributed by atoms with van der Waals surface area (Å²) in [5.74, 6) is -2.79. The van der Waals surface area contributed by atoms with Crippen LogP contribution in [0.1, 0.15) is 20.3 Å². The van der Waals surface area contributed by atoms with Gasteiger partial charge in [-0.3, -0.25) is 0 Å². The SMILES string of the molecule is CCC(C)N(C)CCNCC(C(N)=NO)C(F)(F)F. The number of alkyl halides is 3. The molecule has 0 fully saturated rings. The van der Waals surface area contributed by atoms with Crippen molar-refractivity contribution in [3.63, 3.8) is 0 Å². The average Bonchev–Trinajstić information content (AvgIpc) is 2.34. The molecule has 5 nitrogen and oxygen atoms in total. The molecule has 0 radical (unpaired) electrons. The highest BCUT2D eigenvalue weighted by Gasteiger charge is 2.42. The molecule has 0 amide bonds. The number of nitrogens with one attached hydrogen (secondary N) is 1. The monoisotopic (exact) mass is 284 g/mol. The van der Waals surface area contributed by atoms with E-state index < -0.39 is 24.5 Å². The average molecular weight is 284 g/mol. The Balaban J connectivity index is 4.16. The summed E-state index contributed by atoms with van der Waals surface area (Å²) >= 11 is 0. The van der Waals surface area contributed by atoms with Gasteiger partial charge in [0.15, 0.2) is 5.84 Å². The lowest BCUT2D eigenvalue weighted by Crippen LogP contribution is -2.44. The van der Waals surface area contributed by atoms with Crippen LogP contribution in [0.4, 0.5) is 13.2 Å². The van der Waals surface area contributed by atoms with E-state index in [0.717, 1.165) is 6.42 Å². The van der Waals surface area contributed by atoms with Gasteiger partial charge in [0.1, 0.15) is 5.92 Å². The third kappa shape index (κ3) is 6.63. The van der Waals surface area contributed by atoms with Crippen molar-refractivity contribution in [2.24, 2.45) is 16.8 Å². The van der Waals surface area contributed by atoms with Gasteiger partial charge < -0.3 is 21.2 Å². The van der Waals surface area contributed by atoms with Gasteiger partial charge in [-0.25, -0.2) is 0 Å². The number of likely N-dealkylation sites (N-methyl/N-ethyl adjacent to an activating group) is 1. The molecule has 0 saturated heterocycles. The number of hydrogen-bond acceptors (Lipinski definition) is 4. The summed E-state index contributed by atoms with van der Waals surface area (Å²) in [6, 6.07) is 0.379. The Morgan fingerprint density at radius 3 is 2.47 bits per heavy atom. The fourth-order valence-electron chi connectivity index (χ4n) is 1.49. The van der Waals surface area contributed by atoms with Gasteiger partial charge >= 0.3 is 6.18 Å². The molecule has 2 atom stereocenters. The molecule has 0 aromatic carbocycles. The lowest BCUT2D eigenvalue weighted by Gasteiger charge is -2.24. The first-order chi connectivity index (χ1) is 8.73. The van der Waals surface area contributed by atoms with E-state index in [1.807, 2.05) is 14.0 Å². The first-order valence-electron chi connectivity index (χ1n) is 6.19. The van der Waals surface area contributed by atoms with Gasteiger partial charge in [0, 0.05) is 25.7 Å². The van der Waals surface area contributed by atoms with Gasteiger partial charge in [-0.2, -0.15) is 13.2 Å². The second-order valence-electron chi connectivity index (χ2n) is 4.56. The fourth-order valence-corrected chi connectivity index (χ4v) is 1.49. The summed E-state index contributed by atoms with van der Waals surface area (Å²) in [7, 11) is 1.92. The maximum absolute atomic E-state index is 12.6. The Hall–Kier alpha value is -1.02. The predicted octanol–water partition coefficient (Wildman–Crippen LogP) is 1.23. The minimum atomic E-state index is -4.52. The highest BCUT2D eigenvalue weighted by atomic mass is 19.4. The summed E-state index contributed by atoms with van der Waals surface area (Å²) < 4.78 is 37.8. The van der Waals surface area contributed by atoms with Crippen molar-refractivity contribution in [1.82, 2.24) is 10.2 Å². The molecule has 19 heavy (non-hydrogen) atoms. The van der Waals surface area contributed by atoms with E-state index in [-0.39, 0.29) is 0 Å². The van der Waals surface area contributed by atoms with Crippen LogP contribution in [0, 0.1) is 5.92 Å². The van der Waals surface area contributed by atoms with Crippen LogP contribution in [0.15, 0.2) is 5.16 Å². The van der Waals surface area contributed by atoms with Crippen molar-refractivity contribution in [3.8, 4) is 0 Å². The normalized spacial score (nSPS) is 16.7. The summed E-state index contributed by atoms with van der Waals surface area (Å²) in [5, 5.41) is 13.5. The number of halogens is 3.